The van der Waals surface area contributed by atoms with Crippen molar-refractivity contribution in [1.29, 1.82) is 0 Å². The summed E-state index contributed by atoms with van der Waals surface area (Å²) >= 11 is 1.22. The van der Waals surface area contributed by atoms with Crippen molar-refractivity contribution in [2.24, 2.45) is 0 Å². The van der Waals surface area contributed by atoms with Crippen molar-refractivity contribution in [3.63, 3.8) is 0 Å². The van der Waals surface area contributed by atoms with Crippen LogP contribution >= 0.6 is 11.3 Å². The molecule has 0 radical (unpaired) electrons. The highest BCUT2D eigenvalue weighted by atomic mass is 32.1. The molecule has 0 spiro atoms. The van der Waals surface area contributed by atoms with Gasteiger partial charge in [0.2, 0.25) is 0 Å². The monoisotopic (exact) mass is 282 g/mol. The summed E-state index contributed by atoms with van der Waals surface area (Å²) in [5, 5.41) is 16.1. The van der Waals surface area contributed by atoms with Gasteiger partial charge < -0.3 is 5.32 Å². The first kappa shape index (κ1) is 13.0. The first-order valence-corrected chi connectivity index (χ1v) is 7.49. The maximum absolute atomic E-state index is 10.7. The third-order valence-electron chi connectivity index (χ3n) is 3.91. The maximum atomic E-state index is 10.7. The number of nitrogens with one attached hydrogen (secondary N) is 1. The molecule has 1 aromatic rings. The first-order valence-electron chi connectivity index (χ1n) is 6.61. The molecule has 2 fully saturated rings. The van der Waals surface area contributed by atoms with Crippen LogP contribution in [0.4, 0.5) is 5.00 Å². The second-order valence-electron chi connectivity index (χ2n) is 5.17. The van der Waals surface area contributed by atoms with Gasteiger partial charge in [0.1, 0.15) is 0 Å². The lowest BCUT2D eigenvalue weighted by atomic mass is 10.1. The molecular formula is C12H18N4O2S. The van der Waals surface area contributed by atoms with E-state index in [1.54, 1.807) is 6.07 Å². The number of nitro groups is 1. The molecule has 0 atom stereocenters. The highest BCUT2D eigenvalue weighted by molar-refractivity contribution is 7.13. The molecule has 6 nitrogen and oxygen atoms in total. The highest BCUT2D eigenvalue weighted by Crippen LogP contribution is 2.24. The Morgan fingerprint density at radius 1 is 1.37 bits per heavy atom. The van der Waals surface area contributed by atoms with Crippen molar-refractivity contribution in [2.75, 3.05) is 39.3 Å². The lowest BCUT2D eigenvalue weighted by Gasteiger charge is -2.43. The molecule has 1 N–H and O–H groups in total. The molecule has 7 heteroatoms. The minimum Gasteiger partial charge on any atom is -0.314 e. The molecule has 2 aliphatic heterocycles. The Balaban J connectivity index is 1.49. The van der Waals surface area contributed by atoms with Crippen LogP contribution in [0.5, 0.6) is 0 Å². The molecule has 0 saturated carbocycles. The van der Waals surface area contributed by atoms with Crippen LogP contribution in [0.25, 0.3) is 0 Å². The van der Waals surface area contributed by atoms with Gasteiger partial charge in [-0.1, -0.05) is 11.3 Å². The zero-order valence-corrected chi connectivity index (χ0v) is 11.6. The van der Waals surface area contributed by atoms with Crippen molar-refractivity contribution in [2.45, 2.75) is 12.6 Å². The minimum atomic E-state index is -0.310. The Bertz CT molecular complexity index is 452. The van der Waals surface area contributed by atoms with Gasteiger partial charge in [-0.15, -0.1) is 0 Å². The molecule has 0 unspecified atom stereocenters. The lowest BCUT2D eigenvalue weighted by molar-refractivity contribution is -0.380. The van der Waals surface area contributed by atoms with Gasteiger partial charge in [0, 0.05) is 63.3 Å². The zero-order valence-electron chi connectivity index (χ0n) is 10.7. The lowest BCUT2D eigenvalue weighted by Crippen LogP contribution is -2.61. The summed E-state index contributed by atoms with van der Waals surface area (Å²) in [4.78, 5) is 15.3. The average Bonchev–Trinajstić information content (AvgIpc) is 2.78. The predicted molar refractivity (Wildman–Crippen MR) is 74.5 cm³/mol. The Labute approximate surface area is 116 Å². The van der Waals surface area contributed by atoms with Crippen LogP contribution in [0.1, 0.15) is 5.56 Å². The summed E-state index contributed by atoms with van der Waals surface area (Å²) in [6.45, 7) is 7.41. The molecule has 0 amide bonds. The van der Waals surface area contributed by atoms with Gasteiger partial charge >= 0.3 is 5.00 Å². The van der Waals surface area contributed by atoms with Crippen LogP contribution in [0.15, 0.2) is 11.4 Å². The van der Waals surface area contributed by atoms with Crippen LogP contribution < -0.4 is 5.32 Å². The third kappa shape index (κ3) is 2.94. The van der Waals surface area contributed by atoms with Gasteiger partial charge in [0.15, 0.2) is 0 Å². The van der Waals surface area contributed by atoms with E-state index in [4.69, 9.17) is 0 Å². The molecule has 2 aliphatic rings. The summed E-state index contributed by atoms with van der Waals surface area (Å²) in [6.07, 6.45) is 0. The van der Waals surface area contributed by atoms with E-state index in [0.717, 1.165) is 57.4 Å². The number of nitrogens with zero attached hydrogens (tertiary/aromatic N) is 3. The van der Waals surface area contributed by atoms with E-state index in [1.807, 2.05) is 5.38 Å². The second-order valence-corrected chi connectivity index (χ2v) is 6.06. The minimum absolute atomic E-state index is 0.245. The zero-order chi connectivity index (χ0) is 13.2. The molecule has 19 heavy (non-hydrogen) atoms. The molecule has 0 bridgehead atoms. The largest absolute Gasteiger partial charge is 0.324 e. The van der Waals surface area contributed by atoms with E-state index in [2.05, 4.69) is 15.1 Å². The first-order chi connectivity index (χ1) is 9.22. The van der Waals surface area contributed by atoms with Crippen molar-refractivity contribution in [3.8, 4) is 0 Å². The van der Waals surface area contributed by atoms with Gasteiger partial charge in [-0.3, -0.25) is 19.9 Å². The molecule has 1 aromatic heterocycles. The maximum Gasteiger partial charge on any atom is 0.324 e. The SMILES string of the molecule is O=[N+]([O-])c1cc(CN2CCN(C3CNC3)CC2)cs1. The van der Waals surface area contributed by atoms with E-state index >= 15 is 0 Å². The molecule has 104 valence electrons. The average molecular weight is 282 g/mol. The summed E-state index contributed by atoms with van der Waals surface area (Å²) in [7, 11) is 0. The topological polar surface area (TPSA) is 61.7 Å². The van der Waals surface area contributed by atoms with Gasteiger partial charge in [-0.05, 0) is 5.56 Å². The third-order valence-corrected chi connectivity index (χ3v) is 4.84. The van der Waals surface area contributed by atoms with Crippen LogP contribution in [-0.2, 0) is 6.54 Å². The van der Waals surface area contributed by atoms with E-state index in [9.17, 15) is 10.1 Å². The standard InChI is InChI=1S/C12H18N4O2S/c17-16(18)12-5-10(9-19-12)8-14-1-3-15(4-2-14)11-6-13-7-11/h5,9,11,13H,1-4,6-8H2. The number of thiophene rings is 1. The van der Waals surface area contributed by atoms with Crippen LogP contribution in [0.2, 0.25) is 0 Å². The molecule has 0 aromatic carbocycles. The molecule has 2 saturated heterocycles. The van der Waals surface area contributed by atoms with E-state index < -0.39 is 0 Å². The number of rotatable bonds is 4. The van der Waals surface area contributed by atoms with Gasteiger partial charge in [-0.25, -0.2) is 0 Å². The van der Waals surface area contributed by atoms with Crippen molar-refractivity contribution >= 4 is 16.3 Å². The van der Waals surface area contributed by atoms with Gasteiger partial charge in [0.05, 0.1) is 4.92 Å². The number of piperazine rings is 1. The smallest absolute Gasteiger partial charge is 0.314 e. The Morgan fingerprint density at radius 2 is 2.11 bits per heavy atom. The second kappa shape index (κ2) is 5.54. The number of hydrogen-bond donors (Lipinski definition) is 1. The van der Waals surface area contributed by atoms with Crippen LogP contribution in [0.3, 0.4) is 0 Å². The van der Waals surface area contributed by atoms with Crippen molar-refractivity contribution in [3.05, 3.63) is 27.1 Å². The fourth-order valence-corrected chi connectivity index (χ4v) is 3.34. The Hall–Kier alpha value is -1.02. The van der Waals surface area contributed by atoms with E-state index in [1.165, 1.54) is 11.3 Å². The van der Waals surface area contributed by atoms with Crippen LogP contribution in [0, 0.1) is 10.1 Å². The number of hydrogen-bond acceptors (Lipinski definition) is 6. The predicted octanol–water partition coefficient (Wildman–Crippen LogP) is 0.746. The summed E-state index contributed by atoms with van der Waals surface area (Å²) in [6, 6.07) is 2.43. The quantitative estimate of drug-likeness (QED) is 0.652. The van der Waals surface area contributed by atoms with Crippen LogP contribution in [-0.4, -0.2) is 60.0 Å². The Morgan fingerprint density at radius 3 is 2.63 bits per heavy atom. The summed E-state index contributed by atoms with van der Waals surface area (Å²) in [5.74, 6) is 0. The van der Waals surface area contributed by atoms with Crippen molar-refractivity contribution in [1.82, 2.24) is 15.1 Å². The summed E-state index contributed by atoms with van der Waals surface area (Å²) in [5.41, 5.74) is 1.07. The fourth-order valence-electron chi connectivity index (χ4n) is 2.62. The normalized spacial score (nSPS) is 22.3. The van der Waals surface area contributed by atoms with Gasteiger partial charge in [-0.2, -0.15) is 0 Å². The van der Waals surface area contributed by atoms with Gasteiger partial charge in [0.25, 0.3) is 0 Å². The highest BCUT2D eigenvalue weighted by Gasteiger charge is 2.27. The van der Waals surface area contributed by atoms with Crippen molar-refractivity contribution < 1.29 is 4.92 Å². The molecular weight excluding hydrogens is 264 g/mol. The molecule has 0 aliphatic carbocycles. The fraction of sp³-hybridized carbons (Fsp3) is 0.667. The Kier molecular flexibility index (Phi) is 3.79. The molecule has 3 rings (SSSR count). The van der Waals surface area contributed by atoms with E-state index in [0.29, 0.717) is 0 Å². The summed E-state index contributed by atoms with van der Waals surface area (Å²) < 4.78 is 0. The van der Waals surface area contributed by atoms with E-state index in [-0.39, 0.29) is 9.92 Å². The molecule has 3 heterocycles.